The fourth-order valence-corrected chi connectivity index (χ4v) is 4.20. The minimum atomic E-state index is 0.641. The largest absolute Gasteiger partial charge is 0.313 e. The average Bonchev–Trinajstić information content (AvgIpc) is 2.39. The smallest absolute Gasteiger partial charge is 0.0226 e. The Morgan fingerprint density at radius 2 is 2.28 bits per heavy atom. The molecule has 0 radical (unpaired) electrons. The van der Waals surface area contributed by atoms with E-state index in [4.69, 9.17) is 0 Å². The zero-order chi connectivity index (χ0) is 12.8. The molecule has 2 unspecified atom stereocenters. The quantitative estimate of drug-likeness (QED) is 0.867. The van der Waals surface area contributed by atoms with Crippen LogP contribution in [0.5, 0.6) is 0 Å². The molecule has 2 rings (SSSR count). The van der Waals surface area contributed by atoms with Crippen molar-refractivity contribution in [3.05, 3.63) is 35.4 Å². The van der Waals surface area contributed by atoms with Gasteiger partial charge in [0.2, 0.25) is 0 Å². The van der Waals surface area contributed by atoms with E-state index in [2.05, 4.69) is 55.2 Å². The second-order valence-corrected chi connectivity index (χ2v) is 6.61. The normalized spacial score (nSPS) is 21.8. The Labute approximate surface area is 116 Å². The number of hydrogen-bond donors (Lipinski definition) is 1. The molecular formula is C16H25NS. The molecule has 1 aromatic rings. The first kappa shape index (κ1) is 14.0. The first-order valence-electron chi connectivity index (χ1n) is 7.20. The molecule has 1 fully saturated rings. The van der Waals surface area contributed by atoms with Crippen molar-refractivity contribution in [2.45, 2.75) is 50.8 Å². The summed E-state index contributed by atoms with van der Waals surface area (Å²) in [5.41, 5.74) is 2.85. The summed E-state index contributed by atoms with van der Waals surface area (Å²) in [6.45, 7) is 5.48. The highest BCUT2D eigenvalue weighted by molar-refractivity contribution is 8.00. The van der Waals surface area contributed by atoms with Crippen LogP contribution in [-0.2, 0) is 6.42 Å². The Hall–Kier alpha value is -0.470. The van der Waals surface area contributed by atoms with Crippen molar-refractivity contribution in [1.29, 1.82) is 0 Å². The summed E-state index contributed by atoms with van der Waals surface area (Å²) < 4.78 is 0. The third-order valence-electron chi connectivity index (χ3n) is 3.67. The van der Waals surface area contributed by atoms with Gasteiger partial charge in [-0.05, 0) is 44.0 Å². The van der Waals surface area contributed by atoms with E-state index in [9.17, 15) is 0 Å². The monoisotopic (exact) mass is 263 g/mol. The molecule has 18 heavy (non-hydrogen) atoms. The van der Waals surface area contributed by atoms with Gasteiger partial charge < -0.3 is 5.32 Å². The van der Waals surface area contributed by atoms with Crippen LogP contribution >= 0.6 is 11.8 Å². The highest BCUT2D eigenvalue weighted by Gasteiger charge is 2.23. The third kappa shape index (κ3) is 4.03. The van der Waals surface area contributed by atoms with Crippen LogP contribution in [0.3, 0.4) is 0 Å². The van der Waals surface area contributed by atoms with Crippen LogP contribution in [0.15, 0.2) is 24.3 Å². The standard InChI is InChI=1S/C16H25NS/c1-3-17-15(16-9-4-5-10-18-16)12-14-8-6-7-13(2)11-14/h6-8,11,15-17H,3-5,9-10,12H2,1-2H3. The Bertz CT molecular complexity index is 358. The molecule has 0 aliphatic carbocycles. The van der Waals surface area contributed by atoms with Crippen molar-refractivity contribution < 1.29 is 0 Å². The van der Waals surface area contributed by atoms with Gasteiger partial charge in [-0.3, -0.25) is 0 Å². The summed E-state index contributed by atoms with van der Waals surface area (Å²) in [5, 5.41) is 4.50. The molecule has 1 saturated heterocycles. The molecule has 0 spiro atoms. The highest BCUT2D eigenvalue weighted by atomic mass is 32.2. The lowest BCUT2D eigenvalue weighted by Crippen LogP contribution is -2.41. The lowest BCUT2D eigenvalue weighted by atomic mass is 9.98. The van der Waals surface area contributed by atoms with Gasteiger partial charge in [-0.15, -0.1) is 0 Å². The summed E-state index contributed by atoms with van der Waals surface area (Å²) in [4.78, 5) is 0. The predicted molar refractivity (Wildman–Crippen MR) is 82.4 cm³/mol. The number of likely N-dealkylation sites (N-methyl/N-ethyl adjacent to an activating group) is 1. The summed E-state index contributed by atoms with van der Waals surface area (Å²) in [6.07, 6.45) is 5.37. The summed E-state index contributed by atoms with van der Waals surface area (Å²) in [6, 6.07) is 9.60. The predicted octanol–water partition coefficient (Wildman–Crippen LogP) is 3.80. The maximum absolute atomic E-state index is 3.70. The second kappa shape index (κ2) is 7.20. The minimum absolute atomic E-state index is 0.641. The van der Waals surface area contributed by atoms with Crippen LogP contribution in [0.2, 0.25) is 0 Å². The van der Waals surface area contributed by atoms with Crippen LogP contribution in [-0.4, -0.2) is 23.6 Å². The van der Waals surface area contributed by atoms with E-state index >= 15 is 0 Å². The second-order valence-electron chi connectivity index (χ2n) is 5.26. The minimum Gasteiger partial charge on any atom is -0.313 e. The summed E-state index contributed by atoms with van der Waals surface area (Å²) in [7, 11) is 0. The molecular weight excluding hydrogens is 238 g/mol. The molecule has 1 heterocycles. The van der Waals surface area contributed by atoms with Gasteiger partial charge in [0.05, 0.1) is 0 Å². The maximum Gasteiger partial charge on any atom is 0.0226 e. The van der Waals surface area contributed by atoms with E-state index in [-0.39, 0.29) is 0 Å². The van der Waals surface area contributed by atoms with Crippen LogP contribution < -0.4 is 5.32 Å². The zero-order valence-corrected chi connectivity index (χ0v) is 12.4. The lowest BCUT2D eigenvalue weighted by Gasteiger charge is -2.30. The number of nitrogens with one attached hydrogen (secondary N) is 1. The molecule has 2 heteroatoms. The zero-order valence-electron chi connectivity index (χ0n) is 11.6. The topological polar surface area (TPSA) is 12.0 Å². The highest BCUT2D eigenvalue weighted by Crippen LogP contribution is 2.29. The van der Waals surface area contributed by atoms with Gasteiger partial charge in [-0.1, -0.05) is 43.2 Å². The average molecular weight is 263 g/mol. The molecule has 1 aliphatic heterocycles. The van der Waals surface area contributed by atoms with Gasteiger partial charge in [-0.25, -0.2) is 0 Å². The van der Waals surface area contributed by atoms with Gasteiger partial charge in [0, 0.05) is 11.3 Å². The molecule has 0 amide bonds. The number of thioether (sulfide) groups is 1. The fourth-order valence-electron chi connectivity index (χ4n) is 2.77. The lowest BCUT2D eigenvalue weighted by molar-refractivity contribution is 0.472. The molecule has 1 nitrogen and oxygen atoms in total. The molecule has 0 bridgehead atoms. The van der Waals surface area contributed by atoms with Gasteiger partial charge >= 0.3 is 0 Å². The van der Waals surface area contributed by atoms with Gasteiger partial charge in [0.1, 0.15) is 0 Å². The van der Waals surface area contributed by atoms with E-state index in [1.807, 2.05) is 0 Å². The van der Waals surface area contributed by atoms with Crippen molar-refractivity contribution in [3.63, 3.8) is 0 Å². The van der Waals surface area contributed by atoms with Crippen LogP contribution in [0.25, 0.3) is 0 Å². The van der Waals surface area contributed by atoms with Crippen molar-refractivity contribution in [3.8, 4) is 0 Å². The Morgan fingerprint density at radius 3 is 2.94 bits per heavy atom. The summed E-state index contributed by atoms with van der Waals surface area (Å²) >= 11 is 2.17. The van der Waals surface area contributed by atoms with Crippen LogP contribution in [0.4, 0.5) is 0 Å². The molecule has 100 valence electrons. The molecule has 0 saturated carbocycles. The van der Waals surface area contributed by atoms with Crippen molar-refractivity contribution in [2.75, 3.05) is 12.3 Å². The molecule has 1 aromatic carbocycles. The van der Waals surface area contributed by atoms with E-state index in [0.29, 0.717) is 6.04 Å². The van der Waals surface area contributed by atoms with Gasteiger partial charge in [0.15, 0.2) is 0 Å². The van der Waals surface area contributed by atoms with E-state index in [1.165, 1.54) is 42.6 Å². The molecule has 1 aliphatic rings. The Kier molecular flexibility index (Phi) is 5.58. The van der Waals surface area contributed by atoms with Crippen LogP contribution in [0, 0.1) is 6.92 Å². The molecule has 2 atom stereocenters. The SMILES string of the molecule is CCNC(Cc1cccc(C)c1)C1CCCCS1. The summed E-state index contributed by atoms with van der Waals surface area (Å²) in [5.74, 6) is 1.35. The van der Waals surface area contributed by atoms with Crippen molar-refractivity contribution >= 4 is 11.8 Å². The number of benzene rings is 1. The third-order valence-corrected chi connectivity index (χ3v) is 5.18. The van der Waals surface area contributed by atoms with Crippen molar-refractivity contribution in [2.24, 2.45) is 0 Å². The van der Waals surface area contributed by atoms with Crippen LogP contribution in [0.1, 0.15) is 37.3 Å². The van der Waals surface area contributed by atoms with Gasteiger partial charge in [0.25, 0.3) is 0 Å². The maximum atomic E-state index is 3.70. The van der Waals surface area contributed by atoms with Gasteiger partial charge in [-0.2, -0.15) is 11.8 Å². The number of aryl methyl sites for hydroxylation is 1. The molecule has 0 aromatic heterocycles. The first-order chi connectivity index (χ1) is 8.79. The van der Waals surface area contributed by atoms with E-state index < -0.39 is 0 Å². The van der Waals surface area contributed by atoms with E-state index in [0.717, 1.165) is 11.8 Å². The number of rotatable bonds is 5. The Balaban J connectivity index is 2.00. The first-order valence-corrected chi connectivity index (χ1v) is 8.25. The van der Waals surface area contributed by atoms with E-state index in [1.54, 1.807) is 0 Å². The Morgan fingerprint density at radius 1 is 1.39 bits per heavy atom. The fraction of sp³-hybridized carbons (Fsp3) is 0.625. The molecule has 1 N–H and O–H groups in total. The number of hydrogen-bond acceptors (Lipinski definition) is 2. The van der Waals surface area contributed by atoms with Crippen molar-refractivity contribution in [1.82, 2.24) is 5.32 Å².